The Hall–Kier alpha value is -5.12. The SMILES string of the molecule is O=C1CCC(N2Cc3cc(C4CCN(CCN5CCC(COc6ccc(Oc7c(-c8ccc(F)cc8)sc8cc(B(O)O)ccc78)cc6)CC5)CC4)ccc3C2=O)C(=O)N1. The molecule has 310 valence electrons. The van der Waals surface area contributed by atoms with Crippen molar-refractivity contribution in [3.63, 3.8) is 0 Å². The second-order valence-corrected chi connectivity index (χ2v) is 17.6. The summed E-state index contributed by atoms with van der Waals surface area (Å²) in [6, 6.07) is 24.7. The fraction of sp³-hybridized carbons (Fsp3) is 0.370. The molecule has 0 bridgehead atoms. The predicted molar refractivity (Wildman–Crippen MR) is 229 cm³/mol. The van der Waals surface area contributed by atoms with Gasteiger partial charge in [0.1, 0.15) is 23.4 Å². The number of nitrogens with one attached hydrogen (secondary N) is 1. The zero-order valence-electron chi connectivity index (χ0n) is 33.4. The number of thiophene rings is 1. The minimum Gasteiger partial charge on any atom is -0.493 e. The molecule has 0 spiro atoms. The van der Waals surface area contributed by atoms with Crippen molar-refractivity contribution in [2.75, 3.05) is 45.9 Å². The Bertz CT molecular complexity index is 2380. The molecule has 11 nitrogen and oxygen atoms in total. The van der Waals surface area contributed by atoms with Crippen LogP contribution in [0.2, 0.25) is 0 Å². The van der Waals surface area contributed by atoms with Gasteiger partial charge < -0.3 is 34.2 Å². The van der Waals surface area contributed by atoms with Gasteiger partial charge in [0.25, 0.3) is 5.91 Å². The first-order valence-corrected chi connectivity index (χ1v) is 21.8. The number of rotatable bonds is 12. The normalized spacial score (nSPS) is 19.5. The molecule has 1 atom stereocenters. The number of fused-ring (bicyclic) bond motifs is 2. The van der Waals surface area contributed by atoms with Gasteiger partial charge in [0.05, 0.1) is 11.5 Å². The van der Waals surface area contributed by atoms with E-state index < -0.39 is 13.2 Å². The van der Waals surface area contributed by atoms with Gasteiger partial charge in [-0.25, -0.2) is 4.39 Å². The topological polar surface area (TPSA) is 132 Å². The van der Waals surface area contributed by atoms with Crippen LogP contribution in [0.4, 0.5) is 4.39 Å². The molecule has 4 aliphatic rings. The van der Waals surface area contributed by atoms with E-state index in [1.54, 1.807) is 29.2 Å². The molecule has 3 fully saturated rings. The van der Waals surface area contributed by atoms with Crippen molar-refractivity contribution in [3.8, 4) is 27.7 Å². The number of hydrogen-bond donors (Lipinski definition) is 3. The molecular formula is C46H48BFN4O7S. The number of halogens is 1. The molecule has 14 heteroatoms. The molecule has 4 aliphatic heterocycles. The van der Waals surface area contributed by atoms with Crippen LogP contribution in [-0.4, -0.2) is 102 Å². The molecule has 3 amide bonds. The van der Waals surface area contributed by atoms with Gasteiger partial charge in [-0.15, -0.1) is 11.3 Å². The van der Waals surface area contributed by atoms with Gasteiger partial charge in [-0.1, -0.05) is 36.4 Å². The number of ether oxygens (including phenoxy) is 2. The van der Waals surface area contributed by atoms with Gasteiger partial charge in [0.15, 0.2) is 5.75 Å². The van der Waals surface area contributed by atoms with Crippen LogP contribution >= 0.6 is 11.3 Å². The monoisotopic (exact) mass is 830 g/mol. The molecule has 1 unspecified atom stereocenters. The molecule has 0 aliphatic carbocycles. The van der Waals surface area contributed by atoms with E-state index in [-0.39, 0.29) is 30.0 Å². The highest BCUT2D eigenvalue weighted by Crippen LogP contribution is 2.46. The molecule has 1 aromatic heterocycles. The maximum atomic E-state index is 13.7. The number of carbonyl (C=O) groups is 3. The molecule has 5 heterocycles. The van der Waals surface area contributed by atoms with Crippen molar-refractivity contribution in [3.05, 3.63) is 107 Å². The molecule has 0 saturated carbocycles. The Morgan fingerprint density at radius 2 is 1.50 bits per heavy atom. The lowest BCUT2D eigenvalue weighted by Crippen LogP contribution is -2.52. The van der Waals surface area contributed by atoms with Gasteiger partial charge in [-0.2, -0.15) is 0 Å². The number of nitrogens with zero attached hydrogens (tertiary/aromatic N) is 3. The quantitative estimate of drug-likeness (QED) is 0.104. The van der Waals surface area contributed by atoms with E-state index in [0.29, 0.717) is 53.9 Å². The Balaban J connectivity index is 0.713. The largest absolute Gasteiger partial charge is 0.493 e. The van der Waals surface area contributed by atoms with E-state index in [4.69, 9.17) is 9.47 Å². The van der Waals surface area contributed by atoms with Crippen molar-refractivity contribution in [1.29, 1.82) is 0 Å². The Morgan fingerprint density at radius 1 is 0.800 bits per heavy atom. The Morgan fingerprint density at radius 3 is 2.20 bits per heavy atom. The van der Waals surface area contributed by atoms with Crippen molar-refractivity contribution in [2.24, 2.45) is 5.92 Å². The second kappa shape index (κ2) is 17.5. The highest BCUT2D eigenvalue weighted by molar-refractivity contribution is 7.22. The Labute approximate surface area is 352 Å². The average Bonchev–Trinajstić information content (AvgIpc) is 3.79. The fourth-order valence-corrected chi connectivity index (χ4v) is 10.3. The molecule has 9 rings (SSSR count). The zero-order valence-corrected chi connectivity index (χ0v) is 34.2. The first-order chi connectivity index (χ1) is 29.1. The van der Waals surface area contributed by atoms with Crippen LogP contribution in [0.25, 0.3) is 20.5 Å². The lowest BCUT2D eigenvalue weighted by molar-refractivity contribution is -0.136. The third-order valence-electron chi connectivity index (χ3n) is 12.6. The first kappa shape index (κ1) is 40.3. The number of amides is 3. The van der Waals surface area contributed by atoms with Crippen LogP contribution in [-0.2, 0) is 16.1 Å². The van der Waals surface area contributed by atoms with Crippen LogP contribution in [0, 0.1) is 11.7 Å². The van der Waals surface area contributed by atoms with Gasteiger partial charge in [0, 0.05) is 41.7 Å². The molecule has 0 radical (unpaired) electrons. The van der Waals surface area contributed by atoms with Gasteiger partial charge in [-0.05, 0) is 141 Å². The van der Waals surface area contributed by atoms with Gasteiger partial charge in [0.2, 0.25) is 11.8 Å². The average molecular weight is 831 g/mol. The van der Waals surface area contributed by atoms with Crippen molar-refractivity contribution < 1.29 is 38.3 Å². The summed E-state index contributed by atoms with van der Waals surface area (Å²) in [4.78, 5) is 44.8. The summed E-state index contributed by atoms with van der Waals surface area (Å²) in [6.07, 6.45) is 4.98. The van der Waals surface area contributed by atoms with E-state index in [2.05, 4.69) is 27.2 Å². The minimum absolute atomic E-state index is 0.123. The van der Waals surface area contributed by atoms with Crippen molar-refractivity contribution >= 4 is 51.7 Å². The summed E-state index contributed by atoms with van der Waals surface area (Å²) < 4.78 is 27.3. The number of imide groups is 1. The summed E-state index contributed by atoms with van der Waals surface area (Å²) >= 11 is 1.45. The minimum atomic E-state index is -1.58. The third-order valence-corrected chi connectivity index (χ3v) is 13.8. The zero-order chi connectivity index (χ0) is 41.3. The van der Waals surface area contributed by atoms with Gasteiger partial charge >= 0.3 is 7.12 Å². The summed E-state index contributed by atoms with van der Waals surface area (Å²) in [5.74, 6) is 1.89. The number of piperidine rings is 3. The van der Waals surface area contributed by atoms with Crippen LogP contribution < -0.4 is 20.3 Å². The first-order valence-electron chi connectivity index (χ1n) is 21.0. The van der Waals surface area contributed by atoms with E-state index in [0.717, 1.165) is 96.8 Å². The summed E-state index contributed by atoms with van der Waals surface area (Å²) in [5, 5.41) is 22.6. The lowest BCUT2D eigenvalue weighted by Gasteiger charge is -2.36. The van der Waals surface area contributed by atoms with E-state index in [1.807, 2.05) is 36.4 Å². The van der Waals surface area contributed by atoms with Crippen LogP contribution in [0.5, 0.6) is 17.2 Å². The maximum Gasteiger partial charge on any atom is 0.488 e. The second-order valence-electron chi connectivity index (χ2n) is 16.5. The van der Waals surface area contributed by atoms with Crippen LogP contribution in [0.15, 0.2) is 84.9 Å². The molecule has 5 aromatic rings. The number of hydrogen-bond acceptors (Lipinski definition) is 10. The summed E-state index contributed by atoms with van der Waals surface area (Å²) in [6.45, 7) is 7.41. The number of benzene rings is 4. The fourth-order valence-electron chi connectivity index (χ4n) is 9.08. The molecule has 4 aromatic carbocycles. The van der Waals surface area contributed by atoms with Crippen molar-refractivity contribution in [1.82, 2.24) is 20.0 Å². The van der Waals surface area contributed by atoms with Crippen molar-refractivity contribution in [2.45, 2.75) is 57.0 Å². The molecule has 3 N–H and O–H groups in total. The summed E-state index contributed by atoms with van der Waals surface area (Å²) in [7, 11) is -1.58. The van der Waals surface area contributed by atoms with Crippen LogP contribution in [0.3, 0.4) is 0 Å². The standard InChI is InChI=1S/C46H48BFN4O7S/c48-35-5-1-31(2-6-35)44-43(39-12-4-34(47(56)57)26-41(39)60-44)59-37-9-7-36(8-10-37)58-28-29-15-19-50(20-16-29)23-24-51-21-17-30(18-22-51)32-3-11-38-33(25-32)27-52(46(38)55)40-13-14-42(53)49-45(40)54/h1-12,25-26,29-30,40,56-57H,13-24,27-28H2,(H,49,53,54). The molecular weight excluding hydrogens is 782 g/mol. The highest BCUT2D eigenvalue weighted by Gasteiger charge is 2.39. The molecule has 3 saturated heterocycles. The predicted octanol–water partition coefficient (Wildman–Crippen LogP) is 5.91. The lowest BCUT2D eigenvalue weighted by atomic mass is 9.80. The van der Waals surface area contributed by atoms with E-state index in [1.165, 1.54) is 29.0 Å². The van der Waals surface area contributed by atoms with Gasteiger partial charge in [-0.3, -0.25) is 19.7 Å². The Kier molecular flexibility index (Phi) is 11.7. The molecule has 60 heavy (non-hydrogen) atoms. The highest BCUT2D eigenvalue weighted by atomic mass is 32.1. The smallest absolute Gasteiger partial charge is 0.488 e. The number of carbonyl (C=O) groups excluding carboxylic acids is 3. The maximum absolute atomic E-state index is 13.7. The number of likely N-dealkylation sites (tertiary alicyclic amines) is 2. The van der Waals surface area contributed by atoms with E-state index in [9.17, 15) is 28.8 Å². The summed E-state index contributed by atoms with van der Waals surface area (Å²) in [5.41, 5.74) is 4.11. The third kappa shape index (κ3) is 8.71. The van der Waals surface area contributed by atoms with Crippen LogP contribution in [0.1, 0.15) is 65.9 Å². The van der Waals surface area contributed by atoms with E-state index >= 15 is 0 Å².